The van der Waals surface area contributed by atoms with Crippen LogP contribution in [0, 0.1) is 0 Å². The third-order valence-electron chi connectivity index (χ3n) is 4.51. The van der Waals surface area contributed by atoms with E-state index in [0.29, 0.717) is 23.8 Å². The molecule has 2 amide bonds. The molecule has 2 aromatic heterocycles. The van der Waals surface area contributed by atoms with E-state index in [2.05, 4.69) is 26.0 Å². The summed E-state index contributed by atoms with van der Waals surface area (Å²) in [5, 5.41) is 20.4. The number of pyridine rings is 1. The predicted molar refractivity (Wildman–Crippen MR) is 115 cm³/mol. The number of hydrogen-bond acceptors (Lipinski definition) is 6. The molecule has 0 saturated carbocycles. The van der Waals surface area contributed by atoms with E-state index in [4.69, 9.17) is 9.84 Å². The number of nitrogens with zero attached hydrogens (tertiary/aromatic N) is 3. The van der Waals surface area contributed by atoms with Crippen molar-refractivity contribution < 1.29 is 27.8 Å². The third-order valence-corrected chi connectivity index (χ3v) is 4.51. The summed E-state index contributed by atoms with van der Waals surface area (Å²) < 4.78 is 45.9. The lowest BCUT2D eigenvalue weighted by atomic mass is 10.2. The molecule has 0 aliphatic rings. The van der Waals surface area contributed by atoms with Crippen molar-refractivity contribution in [1.82, 2.24) is 20.1 Å². The Balaban J connectivity index is 1.65. The van der Waals surface area contributed by atoms with Crippen molar-refractivity contribution in [3.63, 3.8) is 0 Å². The van der Waals surface area contributed by atoms with Gasteiger partial charge in [-0.05, 0) is 35.9 Å². The van der Waals surface area contributed by atoms with Gasteiger partial charge in [0.2, 0.25) is 0 Å². The van der Waals surface area contributed by atoms with Crippen molar-refractivity contribution in [3.8, 4) is 5.75 Å². The van der Waals surface area contributed by atoms with Crippen molar-refractivity contribution in [2.75, 3.05) is 30.9 Å². The molecule has 0 fully saturated rings. The highest BCUT2D eigenvalue weighted by Crippen LogP contribution is 2.29. The Kier molecular flexibility index (Phi) is 7.72. The van der Waals surface area contributed by atoms with E-state index in [1.807, 2.05) is 0 Å². The SMILES string of the molecule is COc1ccc(Cn2nc(C(F)(F)F)cc2CNC(=O)Nc2ccc(NCCO)nc2)cc1. The number of benzene rings is 1. The van der Waals surface area contributed by atoms with Gasteiger partial charge in [0.1, 0.15) is 11.6 Å². The van der Waals surface area contributed by atoms with Gasteiger partial charge in [0.05, 0.1) is 44.4 Å². The number of carbonyl (C=O) groups excluding carboxylic acids is 1. The second-order valence-corrected chi connectivity index (χ2v) is 6.91. The molecule has 3 aromatic rings. The van der Waals surface area contributed by atoms with Gasteiger partial charge in [0, 0.05) is 6.54 Å². The Morgan fingerprint density at radius 1 is 1.18 bits per heavy atom. The number of amides is 2. The molecule has 0 saturated heterocycles. The van der Waals surface area contributed by atoms with Gasteiger partial charge < -0.3 is 25.8 Å². The molecule has 0 aliphatic carbocycles. The molecule has 176 valence electrons. The van der Waals surface area contributed by atoms with Gasteiger partial charge in [-0.15, -0.1) is 0 Å². The summed E-state index contributed by atoms with van der Waals surface area (Å²) in [6.45, 7) is 0.207. The van der Waals surface area contributed by atoms with Crippen molar-refractivity contribution >= 4 is 17.5 Å². The Morgan fingerprint density at radius 3 is 2.55 bits per heavy atom. The van der Waals surface area contributed by atoms with Crippen LogP contribution in [0.5, 0.6) is 5.75 Å². The molecule has 12 heteroatoms. The quantitative estimate of drug-likeness (QED) is 0.387. The van der Waals surface area contributed by atoms with Crippen molar-refractivity contribution in [3.05, 3.63) is 65.6 Å². The lowest BCUT2D eigenvalue weighted by Gasteiger charge is -2.11. The van der Waals surface area contributed by atoms with E-state index in [0.717, 1.165) is 11.6 Å². The van der Waals surface area contributed by atoms with Crippen LogP contribution in [-0.4, -0.2) is 46.2 Å². The van der Waals surface area contributed by atoms with Gasteiger partial charge in [-0.3, -0.25) is 4.68 Å². The zero-order valence-corrected chi connectivity index (χ0v) is 17.7. The molecule has 1 aromatic carbocycles. The van der Waals surface area contributed by atoms with Crippen LogP contribution < -0.4 is 20.7 Å². The van der Waals surface area contributed by atoms with Crippen LogP contribution in [-0.2, 0) is 19.3 Å². The number of aliphatic hydroxyl groups is 1. The average molecular weight is 464 g/mol. The van der Waals surface area contributed by atoms with E-state index in [-0.39, 0.29) is 25.4 Å². The first-order valence-electron chi connectivity index (χ1n) is 9.91. The first kappa shape index (κ1) is 23.9. The van der Waals surface area contributed by atoms with Crippen LogP contribution in [0.3, 0.4) is 0 Å². The summed E-state index contributed by atoms with van der Waals surface area (Å²) in [4.78, 5) is 16.3. The highest BCUT2D eigenvalue weighted by molar-refractivity contribution is 5.89. The Labute approximate surface area is 187 Å². The van der Waals surface area contributed by atoms with Crippen LogP contribution in [0.4, 0.5) is 29.5 Å². The minimum atomic E-state index is -4.61. The van der Waals surface area contributed by atoms with Gasteiger partial charge in [-0.25, -0.2) is 9.78 Å². The number of ether oxygens (including phenoxy) is 1. The fourth-order valence-electron chi connectivity index (χ4n) is 2.88. The maximum atomic E-state index is 13.2. The molecule has 0 bridgehead atoms. The molecule has 0 atom stereocenters. The van der Waals surface area contributed by atoms with Crippen molar-refractivity contribution in [2.45, 2.75) is 19.3 Å². The zero-order chi connectivity index (χ0) is 23.8. The van der Waals surface area contributed by atoms with Crippen LogP contribution in [0.15, 0.2) is 48.7 Å². The van der Waals surface area contributed by atoms with E-state index in [1.165, 1.54) is 18.0 Å². The molecule has 0 aliphatic heterocycles. The molecule has 9 nitrogen and oxygen atoms in total. The molecule has 33 heavy (non-hydrogen) atoms. The second kappa shape index (κ2) is 10.7. The van der Waals surface area contributed by atoms with E-state index in [1.54, 1.807) is 36.4 Å². The van der Waals surface area contributed by atoms with Gasteiger partial charge in [-0.2, -0.15) is 18.3 Å². The topological polar surface area (TPSA) is 113 Å². The number of anilines is 2. The molecule has 0 radical (unpaired) electrons. The van der Waals surface area contributed by atoms with E-state index in [9.17, 15) is 18.0 Å². The Hall–Kier alpha value is -3.80. The fourth-order valence-corrected chi connectivity index (χ4v) is 2.88. The highest BCUT2D eigenvalue weighted by Gasteiger charge is 2.34. The normalized spacial score (nSPS) is 11.2. The largest absolute Gasteiger partial charge is 0.497 e. The number of alkyl halides is 3. The van der Waals surface area contributed by atoms with E-state index >= 15 is 0 Å². The molecular weight excluding hydrogens is 441 g/mol. The molecule has 0 unspecified atom stereocenters. The van der Waals surface area contributed by atoms with Crippen LogP contribution >= 0.6 is 0 Å². The van der Waals surface area contributed by atoms with Gasteiger partial charge in [-0.1, -0.05) is 12.1 Å². The summed E-state index contributed by atoms with van der Waals surface area (Å²) in [7, 11) is 1.52. The average Bonchev–Trinajstić information content (AvgIpc) is 3.21. The Bertz CT molecular complexity index is 1050. The smallest absolute Gasteiger partial charge is 0.435 e. The number of nitrogens with one attached hydrogen (secondary N) is 3. The van der Waals surface area contributed by atoms with Crippen molar-refractivity contribution in [1.29, 1.82) is 0 Å². The van der Waals surface area contributed by atoms with Crippen LogP contribution in [0.25, 0.3) is 0 Å². The maximum absolute atomic E-state index is 13.2. The monoisotopic (exact) mass is 464 g/mol. The number of aliphatic hydroxyl groups excluding tert-OH is 1. The van der Waals surface area contributed by atoms with Gasteiger partial charge in [0.25, 0.3) is 0 Å². The number of methoxy groups -OCH3 is 1. The van der Waals surface area contributed by atoms with E-state index < -0.39 is 17.9 Å². The lowest BCUT2D eigenvalue weighted by Crippen LogP contribution is -2.29. The predicted octanol–water partition coefficient (Wildman–Crippen LogP) is 3.08. The number of halogens is 3. The Morgan fingerprint density at radius 2 is 1.94 bits per heavy atom. The summed E-state index contributed by atoms with van der Waals surface area (Å²) in [6, 6.07) is 10.4. The minimum absolute atomic E-state index is 0.0464. The number of hydrogen-bond donors (Lipinski definition) is 4. The molecule has 3 rings (SSSR count). The zero-order valence-electron chi connectivity index (χ0n) is 17.7. The van der Waals surface area contributed by atoms with Crippen molar-refractivity contribution in [2.24, 2.45) is 0 Å². The summed E-state index contributed by atoms with van der Waals surface area (Å²) in [5.41, 5.74) is 0.266. The summed E-state index contributed by atoms with van der Waals surface area (Å²) in [5.74, 6) is 1.15. The second-order valence-electron chi connectivity index (χ2n) is 6.91. The molecule has 2 heterocycles. The van der Waals surface area contributed by atoms with Crippen LogP contribution in [0.1, 0.15) is 17.0 Å². The maximum Gasteiger partial charge on any atom is 0.435 e. The number of aromatic nitrogens is 3. The first-order valence-corrected chi connectivity index (χ1v) is 9.91. The molecular formula is C21H23F3N6O3. The van der Waals surface area contributed by atoms with Gasteiger partial charge >= 0.3 is 12.2 Å². The van der Waals surface area contributed by atoms with Crippen LogP contribution in [0.2, 0.25) is 0 Å². The summed E-state index contributed by atoms with van der Waals surface area (Å²) in [6.07, 6.45) is -3.20. The standard InChI is InChI=1S/C21H23F3N6O3/c1-33-17-5-2-14(3-6-17)13-30-16(10-18(29-30)21(22,23)24)12-27-20(32)28-15-4-7-19(26-11-15)25-8-9-31/h2-7,10-11,31H,8-9,12-13H2,1H3,(H,25,26)(H2,27,28,32). The fraction of sp³-hybridized carbons (Fsp3) is 0.286. The molecule has 4 N–H and O–H groups in total. The minimum Gasteiger partial charge on any atom is -0.497 e. The number of rotatable bonds is 9. The molecule has 0 spiro atoms. The highest BCUT2D eigenvalue weighted by atomic mass is 19.4. The number of urea groups is 1. The number of carbonyl (C=O) groups is 1. The summed E-state index contributed by atoms with van der Waals surface area (Å²) >= 11 is 0. The third kappa shape index (κ3) is 6.84. The van der Waals surface area contributed by atoms with Gasteiger partial charge in [0.15, 0.2) is 5.69 Å². The lowest BCUT2D eigenvalue weighted by molar-refractivity contribution is -0.141. The first-order chi connectivity index (χ1) is 15.8.